The predicted octanol–water partition coefficient (Wildman–Crippen LogP) is 3.57. The third-order valence-electron chi connectivity index (χ3n) is 4.58. The fourth-order valence-corrected chi connectivity index (χ4v) is 4.38. The van der Waals surface area contributed by atoms with Crippen molar-refractivity contribution in [3.05, 3.63) is 90.2 Å². The number of hydrogen-bond donors (Lipinski definition) is 1. The normalized spacial score (nSPS) is 11.7. The van der Waals surface area contributed by atoms with Crippen LogP contribution < -0.4 is 14.5 Å². The maximum absolute atomic E-state index is 13.3. The van der Waals surface area contributed by atoms with Crippen LogP contribution in [0.3, 0.4) is 0 Å². The Morgan fingerprint density at radius 3 is 2.28 bits per heavy atom. The molecule has 0 heterocycles. The fraction of sp³-hybridized carbons (Fsp3) is 0.130. The minimum absolute atomic E-state index is 0.0321. The second-order valence-corrected chi connectivity index (χ2v) is 8.60. The van der Waals surface area contributed by atoms with Crippen molar-refractivity contribution in [2.45, 2.75) is 11.8 Å². The van der Waals surface area contributed by atoms with Crippen LogP contribution >= 0.6 is 0 Å². The highest BCUT2D eigenvalue weighted by atomic mass is 32.2. The van der Waals surface area contributed by atoms with E-state index in [-0.39, 0.29) is 16.4 Å². The second kappa shape index (κ2) is 10.1. The maximum Gasteiger partial charge on any atom is 0.264 e. The summed E-state index contributed by atoms with van der Waals surface area (Å²) in [6.45, 7) is 1.12. The lowest BCUT2D eigenvalue weighted by Gasteiger charge is -2.25. The van der Waals surface area contributed by atoms with Gasteiger partial charge in [-0.05, 0) is 48.9 Å². The number of ether oxygens (including phenoxy) is 1. The van der Waals surface area contributed by atoms with Crippen LogP contribution in [0.1, 0.15) is 12.5 Å². The molecule has 0 radical (unpaired) electrons. The molecule has 0 atom stereocenters. The van der Waals surface area contributed by atoms with Crippen LogP contribution in [0.4, 0.5) is 10.1 Å². The average molecular weight is 456 g/mol. The van der Waals surface area contributed by atoms with Gasteiger partial charge in [0.1, 0.15) is 18.1 Å². The van der Waals surface area contributed by atoms with E-state index >= 15 is 0 Å². The number of anilines is 1. The van der Waals surface area contributed by atoms with Crippen LogP contribution in [0, 0.1) is 5.82 Å². The molecule has 0 spiro atoms. The summed E-state index contributed by atoms with van der Waals surface area (Å²) < 4.78 is 46.1. The first-order valence-corrected chi connectivity index (χ1v) is 11.1. The van der Waals surface area contributed by atoms with Gasteiger partial charge in [0.05, 0.1) is 23.4 Å². The van der Waals surface area contributed by atoms with E-state index in [1.54, 1.807) is 49.4 Å². The summed E-state index contributed by atoms with van der Waals surface area (Å²) in [5, 5.41) is 4.01. The van der Waals surface area contributed by atoms with Gasteiger partial charge >= 0.3 is 0 Å². The van der Waals surface area contributed by atoms with Gasteiger partial charge in [0, 0.05) is 0 Å². The van der Waals surface area contributed by atoms with E-state index in [9.17, 15) is 17.6 Å². The standard InChI is InChI=1S/C23H22FN3O4S/c1-17(18-12-14-19(24)15-13-18)25-26-23(28)16-27(21-10-6-7-11-22(21)31-2)32(29,30)20-8-4-3-5-9-20/h3-15H,16H2,1-2H3,(H,26,28). The number of halogens is 1. The first kappa shape index (κ1) is 23.0. The monoisotopic (exact) mass is 455 g/mol. The molecule has 0 aliphatic heterocycles. The molecule has 0 bridgehead atoms. The molecule has 9 heteroatoms. The molecular weight excluding hydrogens is 433 g/mol. The minimum atomic E-state index is -4.07. The molecule has 32 heavy (non-hydrogen) atoms. The van der Waals surface area contributed by atoms with Gasteiger partial charge in [-0.1, -0.05) is 42.5 Å². The SMILES string of the molecule is COc1ccccc1N(CC(=O)NN=C(C)c1ccc(F)cc1)S(=O)(=O)c1ccccc1. The van der Waals surface area contributed by atoms with E-state index in [1.807, 2.05) is 0 Å². The van der Waals surface area contributed by atoms with Gasteiger partial charge in [-0.25, -0.2) is 18.2 Å². The average Bonchev–Trinajstić information content (AvgIpc) is 2.82. The second-order valence-electron chi connectivity index (χ2n) is 6.74. The summed E-state index contributed by atoms with van der Waals surface area (Å²) in [4.78, 5) is 12.7. The van der Waals surface area contributed by atoms with Gasteiger partial charge in [-0.15, -0.1) is 0 Å². The Labute approximate surface area is 186 Å². The minimum Gasteiger partial charge on any atom is -0.495 e. The lowest BCUT2D eigenvalue weighted by molar-refractivity contribution is -0.119. The third kappa shape index (κ3) is 5.30. The summed E-state index contributed by atoms with van der Waals surface area (Å²) in [5.41, 5.74) is 3.64. The van der Waals surface area contributed by atoms with Crippen LogP contribution in [0.25, 0.3) is 0 Å². The molecular formula is C23H22FN3O4S. The number of rotatable bonds is 8. The zero-order valence-electron chi connectivity index (χ0n) is 17.5. The predicted molar refractivity (Wildman–Crippen MR) is 121 cm³/mol. The number of nitrogens with zero attached hydrogens (tertiary/aromatic N) is 2. The third-order valence-corrected chi connectivity index (χ3v) is 6.36. The van der Waals surface area contributed by atoms with Gasteiger partial charge in [-0.2, -0.15) is 5.10 Å². The smallest absolute Gasteiger partial charge is 0.264 e. The summed E-state index contributed by atoms with van der Waals surface area (Å²) in [5.74, 6) is -0.744. The molecule has 1 amide bonds. The first-order chi connectivity index (χ1) is 15.3. The number of benzene rings is 3. The highest BCUT2D eigenvalue weighted by Crippen LogP contribution is 2.32. The summed E-state index contributed by atoms with van der Waals surface area (Å²) >= 11 is 0. The highest BCUT2D eigenvalue weighted by molar-refractivity contribution is 7.92. The van der Waals surface area contributed by atoms with Crippen molar-refractivity contribution in [2.24, 2.45) is 5.10 Å². The van der Waals surface area contributed by atoms with Gasteiger partial charge in [0.2, 0.25) is 0 Å². The topological polar surface area (TPSA) is 88.1 Å². The number of carbonyl (C=O) groups is 1. The van der Waals surface area contributed by atoms with Crippen molar-refractivity contribution >= 4 is 27.3 Å². The van der Waals surface area contributed by atoms with E-state index in [4.69, 9.17) is 4.74 Å². The van der Waals surface area contributed by atoms with Crippen molar-refractivity contribution in [3.63, 3.8) is 0 Å². The van der Waals surface area contributed by atoms with Crippen molar-refractivity contribution < 1.29 is 22.3 Å². The molecule has 0 saturated carbocycles. The van der Waals surface area contributed by atoms with Crippen LogP contribution in [-0.2, 0) is 14.8 Å². The number of methoxy groups -OCH3 is 1. The Morgan fingerprint density at radius 1 is 1.00 bits per heavy atom. The molecule has 166 valence electrons. The van der Waals surface area contributed by atoms with E-state index in [0.29, 0.717) is 17.0 Å². The van der Waals surface area contributed by atoms with E-state index in [2.05, 4.69) is 10.5 Å². The molecule has 3 rings (SSSR count). The molecule has 1 N–H and O–H groups in total. The number of nitrogens with one attached hydrogen (secondary N) is 1. The molecule has 0 aliphatic rings. The Kier molecular flexibility index (Phi) is 7.21. The van der Waals surface area contributed by atoms with Crippen LogP contribution in [0.15, 0.2) is 88.9 Å². The fourth-order valence-electron chi connectivity index (χ4n) is 2.92. The van der Waals surface area contributed by atoms with Gasteiger partial charge in [0.15, 0.2) is 0 Å². The summed E-state index contributed by atoms with van der Waals surface area (Å²) in [6.07, 6.45) is 0. The van der Waals surface area contributed by atoms with Gasteiger partial charge in [0.25, 0.3) is 15.9 Å². The van der Waals surface area contributed by atoms with Crippen molar-refractivity contribution in [3.8, 4) is 5.75 Å². The molecule has 0 saturated heterocycles. The molecule has 3 aromatic carbocycles. The number of hydrazone groups is 1. The van der Waals surface area contributed by atoms with E-state index in [0.717, 1.165) is 4.31 Å². The molecule has 0 aliphatic carbocycles. The zero-order valence-corrected chi connectivity index (χ0v) is 18.3. The molecule has 3 aromatic rings. The Morgan fingerprint density at radius 2 is 1.62 bits per heavy atom. The van der Waals surface area contributed by atoms with Gasteiger partial charge in [-0.3, -0.25) is 9.10 Å². The van der Waals surface area contributed by atoms with Gasteiger partial charge < -0.3 is 4.74 Å². The largest absolute Gasteiger partial charge is 0.495 e. The summed E-state index contributed by atoms with van der Waals surface area (Å²) in [6, 6.07) is 19.9. The molecule has 0 fully saturated rings. The molecule has 0 aromatic heterocycles. The highest BCUT2D eigenvalue weighted by Gasteiger charge is 2.29. The molecule has 0 unspecified atom stereocenters. The number of hydrogen-bond acceptors (Lipinski definition) is 5. The Hall–Kier alpha value is -3.72. The Bertz CT molecular complexity index is 1210. The van der Waals surface area contributed by atoms with Crippen LogP contribution in [0.2, 0.25) is 0 Å². The van der Waals surface area contributed by atoms with E-state index < -0.39 is 22.5 Å². The number of sulfonamides is 1. The van der Waals surface area contributed by atoms with Crippen molar-refractivity contribution in [1.82, 2.24) is 5.43 Å². The van der Waals surface area contributed by atoms with E-state index in [1.165, 1.54) is 43.5 Å². The van der Waals surface area contributed by atoms with Crippen molar-refractivity contribution in [2.75, 3.05) is 18.0 Å². The maximum atomic E-state index is 13.3. The lowest BCUT2D eigenvalue weighted by Crippen LogP contribution is -2.40. The zero-order chi connectivity index (χ0) is 23.1. The summed E-state index contributed by atoms with van der Waals surface area (Å²) in [7, 11) is -2.66. The lowest BCUT2D eigenvalue weighted by atomic mass is 10.1. The van der Waals surface area contributed by atoms with Crippen LogP contribution in [0.5, 0.6) is 5.75 Å². The van der Waals surface area contributed by atoms with Crippen LogP contribution in [-0.4, -0.2) is 33.7 Å². The number of para-hydroxylation sites is 2. The Balaban J connectivity index is 1.90. The number of carbonyl (C=O) groups excluding carboxylic acids is 1. The number of amides is 1. The first-order valence-electron chi connectivity index (χ1n) is 9.63. The van der Waals surface area contributed by atoms with Crippen molar-refractivity contribution in [1.29, 1.82) is 0 Å². The molecule has 7 nitrogen and oxygen atoms in total. The quantitative estimate of drug-likeness (QED) is 0.416.